The van der Waals surface area contributed by atoms with Crippen molar-refractivity contribution in [2.24, 2.45) is 0 Å². The molecule has 0 heterocycles. The Morgan fingerprint density at radius 2 is 1.75 bits per heavy atom. The Balaban J connectivity index is 1.71. The average Bonchev–Trinajstić information content (AvgIpc) is 2.82. The molecule has 3 aromatic carbocycles. The average molecular weight is 428 g/mol. The Morgan fingerprint density at radius 3 is 2.41 bits per heavy atom. The van der Waals surface area contributed by atoms with E-state index in [1.165, 1.54) is 16.7 Å². The molecular formula is C29H33NO2. The number of aryl methyl sites for hydroxylation is 2. The van der Waals surface area contributed by atoms with Gasteiger partial charge in [0, 0.05) is 5.69 Å². The summed E-state index contributed by atoms with van der Waals surface area (Å²) < 4.78 is 5.47. The Bertz CT molecular complexity index is 1070. The molecule has 0 radical (unpaired) electrons. The van der Waals surface area contributed by atoms with E-state index in [-0.39, 0.29) is 11.8 Å². The van der Waals surface area contributed by atoms with Crippen molar-refractivity contribution in [2.75, 3.05) is 12.0 Å². The molecule has 0 saturated heterocycles. The molecule has 0 spiro atoms. The van der Waals surface area contributed by atoms with Gasteiger partial charge < -0.3 is 9.64 Å². The molecule has 4 rings (SSSR count). The topological polar surface area (TPSA) is 29.5 Å². The van der Waals surface area contributed by atoms with Crippen molar-refractivity contribution >= 4 is 11.6 Å². The molecule has 3 heteroatoms. The zero-order valence-electron chi connectivity index (χ0n) is 19.6. The van der Waals surface area contributed by atoms with Crippen LogP contribution in [-0.2, 0) is 17.8 Å². The first-order chi connectivity index (χ1) is 15.5. The number of fused-ring (bicyclic) bond motifs is 1. The van der Waals surface area contributed by atoms with E-state index < -0.39 is 0 Å². The second kappa shape index (κ2) is 9.60. The summed E-state index contributed by atoms with van der Waals surface area (Å²) >= 11 is 0. The monoisotopic (exact) mass is 427 g/mol. The van der Waals surface area contributed by atoms with Gasteiger partial charge in [0.15, 0.2) is 0 Å². The van der Waals surface area contributed by atoms with Crippen LogP contribution in [0.15, 0.2) is 66.7 Å². The molecule has 3 aromatic rings. The molecule has 1 unspecified atom stereocenters. The molecule has 0 N–H and O–H groups in total. The molecule has 0 aromatic heterocycles. The fourth-order valence-electron chi connectivity index (χ4n) is 4.56. The Kier molecular flexibility index (Phi) is 6.64. The molecular weight excluding hydrogens is 394 g/mol. The second-order valence-electron chi connectivity index (χ2n) is 9.17. The van der Waals surface area contributed by atoms with Crippen molar-refractivity contribution in [1.82, 2.24) is 0 Å². The summed E-state index contributed by atoms with van der Waals surface area (Å²) in [6, 6.07) is 23.1. The zero-order chi connectivity index (χ0) is 22.7. The number of hydrogen-bond donors (Lipinski definition) is 0. The van der Waals surface area contributed by atoms with Crippen LogP contribution in [-0.4, -0.2) is 13.0 Å². The van der Waals surface area contributed by atoms with Crippen LogP contribution in [0.5, 0.6) is 5.75 Å². The minimum absolute atomic E-state index is 0.149. The number of hydrogen-bond acceptors (Lipinski definition) is 2. The summed E-state index contributed by atoms with van der Waals surface area (Å²) in [6.07, 6.45) is 2.91. The normalized spacial score (nSPS) is 15.3. The van der Waals surface area contributed by atoms with Gasteiger partial charge in [-0.2, -0.15) is 0 Å². The summed E-state index contributed by atoms with van der Waals surface area (Å²) in [5, 5.41) is 0. The molecule has 32 heavy (non-hydrogen) atoms. The molecule has 0 fully saturated rings. The second-order valence-corrected chi connectivity index (χ2v) is 9.17. The first-order valence-electron chi connectivity index (χ1n) is 11.6. The summed E-state index contributed by atoms with van der Waals surface area (Å²) in [5.41, 5.74) is 6.98. The lowest BCUT2D eigenvalue weighted by atomic mass is 9.81. The van der Waals surface area contributed by atoms with Gasteiger partial charge in [0.05, 0.1) is 19.6 Å². The fourth-order valence-corrected chi connectivity index (χ4v) is 4.56. The lowest BCUT2D eigenvalue weighted by molar-refractivity contribution is -0.120. The number of methoxy groups -OCH3 is 1. The van der Waals surface area contributed by atoms with Crippen LogP contribution in [0.3, 0.4) is 0 Å². The maximum absolute atomic E-state index is 14.0. The van der Waals surface area contributed by atoms with Gasteiger partial charge in [-0.25, -0.2) is 0 Å². The lowest BCUT2D eigenvalue weighted by Gasteiger charge is -2.31. The van der Waals surface area contributed by atoms with Crippen LogP contribution >= 0.6 is 0 Å². The molecule has 3 nitrogen and oxygen atoms in total. The third-order valence-electron chi connectivity index (χ3n) is 6.56. The number of benzene rings is 3. The van der Waals surface area contributed by atoms with Gasteiger partial charge in [-0.15, -0.1) is 0 Å². The van der Waals surface area contributed by atoms with Crippen LogP contribution in [0.4, 0.5) is 5.69 Å². The van der Waals surface area contributed by atoms with Gasteiger partial charge in [0.1, 0.15) is 5.75 Å². The minimum atomic E-state index is -0.149. The highest BCUT2D eigenvalue weighted by atomic mass is 16.5. The molecule has 1 aliphatic carbocycles. The number of rotatable bonds is 6. The van der Waals surface area contributed by atoms with Crippen molar-refractivity contribution in [3.63, 3.8) is 0 Å². The van der Waals surface area contributed by atoms with Gasteiger partial charge in [0.2, 0.25) is 5.91 Å². The van der Waals surface area contributed by atoms with E-state index in [0.29, 0.717) is 12.5 Å². The summed E-state index contributed by atoms with van der Waals surface area (Å²) in [5.74, 6) is 1.29. The third kappa shape index (κ3) is 4.72. The van der Waals surface area contributed by atoms with Crippen molar-refractivity contribution < 1.29 is 9.53 Å². The van der Waals surface area contributed by atoms with E-state index in [4.69, 9.17) is 4.74 Å². The SMILES string of the molecule is COc1ccc2c(c1)C(C(=O)N(Cc1ccc(C)cc1)c1ccc(C(C)C)cc1)CCC2. The molecule has 0 bridgehead atoms. The molecule has 0 saturated carbocycles. The van der Waals surface area contributed by atoms with Crippen LogP contribution in [0.25, 0.3) is 0 Å². The van der Waals surface area contributed by atoms with E-state index in [1.54, 1.807) is 7.11 Å². The van der Waals surface area contributed by atoms with E-state index in [1.807, 2.05) is 11.0 Å². The van der Waals surface area contributed by atoms with Gasteiger partial charge in [-0.1, -0.05) is 61.9 Å². The van der Waals surface area contributed by atoms with Gasteiger partial charge in [-0.05, 0) is 78.6 Å². The van der Waals surface area contributed by atoms with Gasteiger partial charge >= 0.3 is 0 Å². The summed E-state index contributed by atoms with van der Waals surface area (Å²) in [7, 11) is 1.68. The van der Waals surface area contributed by atoms with Crippen LogP contribution in [0.1, 0.15) is 66.3 Å². The highest BCUT2D eigenvalue weighted by molar-refractivity contribution is 5.98. The predicted molar refractivity (Wildman–Crippen MR) is 132 cm³/mol. The Labute approximate surface area is 192 Å². The highest BCUT2D eigenvalue weighted by Gasteiger charge is 2.31. The number of anilines is 1. The fraction of sp³-hybridized carbons (Fsp3) is 0.345. The van der Waals surface area contributed by atoms with Gasteiger partial charge in [0.25, 0.3) is 0 Å². The van der Waals surface area contributed by atoms with E-state index in [0.717, 1.165) is 41.8 Å². The molecule has 1 aliphatic rings. The first-order valence-corrected chi connectivity index (χ1v) is 11.6. The number of nitrogens with zero attached hydrogens (tertiary/aromatic N) is 1. The van der Waals surface area contributed by atoms with E-state index in [9.17, 15) is 4.79 Å². The number of carbonyl (C=O) groups excluding carboxylic acids is 1. The first kappa shape index (κ1) is 22.1. The van der Waals surface area contributed by atoms with Crippen molar-refractivity contribution in [1.29, 1.82) is 0 Å². The highest BCUT2D eigenvalue weighted by Crippen LogP contribution is 2.37. The molecule has 1 atom stereocenters. The Hall–Kier alpha value is -3.07. The molecule has 1 amide bonds. The van der Waals surface area contributed by atoms with Crippen molar-refractivity contribution in [3.05, 3.63) is 94.5 Å². The summed E-state index contributed by atoms with van der Waals surface area (Å²) in [4.78, 5) is 16.0. The number of carbonyl (C=O) groups is 1. The maximum Gasteiger partial charge on any atom is 0.234 e. The maximum atomic E-state index is 14.0. The number of amides is 1. The predicted octanol–water partition coefficient (Wildman–Crippen LogP) is 6.78. The van der Waals surface area contributed by atoms with Crippen LogP contribution in [0, 0.1) is 6.92 Å². The standard InChI is InChI=1S/C29H33NO2/c1-20(2)23-12-15-25(16-13-23)30(19-22-10-8-21(3)9-11-22)29(31)27-7-5-6-24-14-17-26(32-4)18-28(24)27/h8-18,20,27H,5-7,19H2,1-4H3. The smallest absolute Gasteiger partial charge is 0.234 e. The molecule has 0 aliphatic heterocycles. The Morgan fingerprint density at radius 1 is 1.03 bits per heavy atom. The van der Waals surface area contributed by atoms with E-state index in [2.05, 4.69) is 81.4 Å². The van der Waals surface area contributed by atoms with Crippen molar-refractivity contribution in [3.8, 4) is 5.75 Å². The zero-order valence-corrected chi connectivity index (χ0v) is 19.6. The molecule has 166 valence electrons. The lowest BCUT2D eigenvalue weighted by Crippen LogP contribution is -2.36. The quantitative estimate of drug-likeness (QED) is 0.434. The third-order valence-corrected chi connectivity index (χ3v) is 6.56. The summed E-state index contributed by atoms with van der Waals surface area (Å²) in [6.45, 7) is 7.03. The number of ether oxygens (including phenoxy) is 1. The van der Waals surface area contributed by atoms with Gasteiger partial charge in [-0.3, -0.25) is 4.79 Å². The van der Waals surface area contributed by atoms with Crippen molar-refractivity contribution in [2.45, 2.75) is 58.4 Å². The minimum Gasteiger partial charge on any atom is -0.497 e. The van der Waals surface area contributed by atoms with Crippen LogP contribution < -0.4 is 9.64 Å². The van der Waals surface area contributed by atoms with E-state index >= 15 is 0 Å². The largest absolute Gasteiger partial charge is 0.497 e. The van der Waals surface area contributed by atoms with Crippen LogP contribution in [0.2, 0.25) is 0 Å².